The highest BCUT2D eigenvalue weighted by atomic mass is 16.3. The monoisotopic (exact) mass is 180 g/mol. The van der Waals surface area contributed by atoms with Crippen molar-refractivity contribution < 1.29 is 5.11 Å². The zero-order valence-electron chi connectivity index (χ0n) is 8.14. The summed E-state index contributed by atoms with van der Waals surface area (Å²) in [4.78, 5) is 0. The fourth-order valence-corrected chi connectivity index (χ4v) is 2.02. The van der Waals surface area contributed by atoms with Crippen LogP contribution in [0.3, 0.4) is 0 Å². The van der Waals surface area contributed by atoms with Gasteiger partial charge in [-0.3, -0.25) is 4.68 Å². The van der Waals surface area contributed by atoms with Crippen LogP contribution in [0.2, 0.25) is 0 Å². The minimum Gasteiger partial charge on any atom is -0.387 e. The summed E-state index contributed by atoms with van der Waals surface area (Å²) in [6, 6.07) is 2.42. The van der Waals surface area contributed by atoms with Crippen LogP contribution in [-0.2, 0) is 0 Å². The average molecular weight is 180 g/mol. The summed E-state index contributed by atoms with van der Waals surface area (Å²) >= 11 is 0. The lowest BCUT2D eigenvalue weighted by Gasteiger charge is -2.34. The second-order valence-corrected chi connectivity index (χ2v) is 4.11. The molecule has 1 N–H and O–H groups in total. The predicted molar refractivity (Wildman–Crippen MR) is 50.3 cm³/mol. The summed E-state index contributed by atoms with van der Waals surface area (Å²) in [6.45, 7) is 4.04. The van der Waals surface area contributed by atoms with Crippen molar-refractivity contribution in [3.05, 3.63) is 18.0 Å². The average Bonchev–Trinajstić information content (AvgIpc) is 2.45. The molecular weight excluding hydrogens is 164 g/mol. The standard InChI is InChI=1S/C10H16N2O/c1-7-5-9(6-7)12-10(8(2)13)3-4-11-12/h3-4,7-9,13H,5-6H2,1-2H3/t7-,8-,9-/m0/s1. The highest BCUT2D eigenvalue weighted by Gasteiger charge is 2.29. The van der Waals surface area contributed by atoms with E-state index < -0.39 is 6.10 Å². The minimum atomic E-state index is -0.404. The molecule has 13 heavy (non-hydrogen) atoms. The lowest BCUT2D eigenvalue weighted by atomic mass is 9.82. The van der Waals surface area contributed by atoms with Crippen molar-refractivity contribution in [1.29, 1.82) is 0 Å². The fraction of sp³-hybridized carbons (Fsp3) is 0.700. The van der Waals surface area contributed by atoms with Crippen LogP contribution in [0.15, 0.2) is 12.3 Å². The molecule has 0 unspecified atom stereocenters. The number of aromatic nitrogens is 2. The quantitative estimate of drug-likeness (QED) is 0.755. The van der Waals surface area contributed by atoms with E-state index in [1.165, 1.54) is 12.8 Å². The maximum absolute atomic E-state index is 9.47. The molecule has 1 aromatic rings. The Kier molecular flexibility index (Phi) is 2.12. The molecule has 1 atom stereocenters. The van der Waals surface area contributed by atoms with E-state index >= 15 is 0 Å². The van der Waals surface area contributed by atoms with Crippen LogP contribution < -0.4 is 0 Å². The van der Waals surface area contributed by atoms with Gasteiger partial charge in [0.1, 0.15) is 0 Å². The van der Waals surface area contributed by atoms with Crippen molar-refractivity contribution >= 4 is 0 Å². The molecule has 3 heteroatoms. The van der Waals surface area contributed by atoms with E-state index in [2.05, 4.69) is 12.0 Å². The lowest BCUT2D eigenvalue weighted by Crippen LogP contribution is -2.27. The molecule has 0 radical (unpaired) electrons. The van der Waals surface area contributed by atoms with Gasteiger partial charge in [0.2, 0.25) is 0 Å². The van der Waals surface area contributed by atoms with Crippen molar-refractivity contribution in [1.82, 2.24) is 9.78 Å². The van der Waals surface area contributed by atoms with E-state index in [4.69, 9.17) is 0 Å². The second kappa shape index (κ2) is 3.14. The van der Waals surface area contributed by atoms with Crippen molar-refractivity contribution in [2.24, 2.45) is 5.92 Å². The first kappa shape index (κ1) is 8.75. The van der Waals surface area contributed by atoms with Gasteiger partial charge in [0.05, 0.1) is 17.8 Å². The first-order chi connectivity index (χ1) is 6.18. The van der Waals surface area contributed by atoms with Gasteiger partial charge in [-0.25, -0.2) is 0 Å². The molecule has 1 aromatic heterocycles. The van der Waals surface area contributed by atoms with E-state index in [-0.39, 0.29) is 0 Å². The Hall–Kier alpha value is -0.830. The van der Waals surface area contributed by atoms with Crippen LogP contribution >= 0.6 is 0 Å². The van der Waals surface area contributed by atoms with Crippen LogP contribution in [0.4, 0.5) is 0 Å². The van der Waals surface area contributed by atoms with Gasteiger partial charge < -0.3 is 5.11 Å². The lowest BCUT2D eigenvalue weighted by molar-refractivity contribution is 0.153. The molecule has 1 aliphatic carbocycles. The second-order valence-electron chi connectivity index (χ2n) is 4.11. The van der Waals surface area contributed by atoms with Gasteiger partial charge in [-0.15, -0.1) is 0 Å². The Balaban J connectivity index is 2.16. The van der Waals surface area contributed by atoms with Crippen LogP contribution in [0.25, 0.3) is 0 Å². The van der Waals surface area contributed by atoms with E-state index in [9.17, 15) is 5.11 Å². The summed E-state index contributed by atoms with van der Waals surface area (Å²) in [5.41, 5.74) is 0.942. The summed E-state index contributed by atoms with van der Waals surface area (Å²) in [6.07, 6.45) is 3.76. The summed E-state index contributed by atoms with van der Waals surface area (Å²) < 4.78 is 1.98. The van der Waals surface area contributed by atoms with Gasteiger partial charge in [0.25, 0.3) is 0 Å². The van der Waals surface area contributed by atoms with E-state index in [0.717, 1.165) is 11.6 Å². The number of aliphatic hydroxyl groups is 1. The smallest absolute Gasteiger partial charge is 0.0928 e. The van der Waals surface area contributed by atoms with Crippen LogP contribution in [-0.4, -0.2) is 14.9 Å². The van der Waals surface area contributed by atoms with Gasteiger partial charge in [-0.05, 0) is 31.7 Å². The zero-order chi connectivity index (χ0) is 9.42. The highest BCUT2D eigenvalue weighted by Crippen LogP contribution is 2.38. The Bertz CT molecular complexity index is 287. The van der Waals surface area contributed by atoms with E-state index in [1.807, 2.05) is 10.7 Å². The minimum absolute atomic E-state index is 0.404. The van der Waals surface area contributed by atoms with E-state index in [0.29, 0.717) is 6.04 Å². The SMILES string of the molecule is C[C@H](O)c1ccnn1[C@H]1C[C@H](C)C1. The molecular formula is C10H16N2O. The number of hydrogen-bond acceptors (Lipinski definition) is 2. The van der Waals surface area contributed by atoms with Crippen LogP contribution in [0.5, 0.6) is 0 Å². The molecule has 1 heterocycles. The van der Waals surface area contributed by atoms with Crippen LogP contribution in [0, 0.1) is 5.92 Å². The molecule has 0 aromatic carbocycles. The molecule has 0 bridgehead atoms. The van der Waals surface area contributed by atoms with E-state index in [1.54, 1.807) is 13.1 Å². The van der Waals surface area contributed by atoms with Crippen molar-refractivity contribution in [3.63, 3.8) is 0 Å². The van der Waals surface area contributed by atoms with Crippen molar-refractivity contribution in [2.75, 3.05) is 0 Å². The van der Waals surface area contributed by atoms with Gasteiger partial charge in [-0.1, -0.05) is 6.92 Å². The summed E-state index contributed by atoms with van der Waals surface area (Å²) in [5.74, 6) is 0.816. The molecule has 1 fully saturated rings. The topological polar surface area (TPSA) is 38.1 Å². The third kappa shape index (κ3) is 1.48. The predicted octanol–water partition coefficient (Wildman–Crippen LogP) is 1.91. The third-order valence-electron chi connectivity index (χ3n) is 2.82. The van der Waals surface area contributed by atoms with Gasteiger partial charge in [-0.2, -0.15) is 5.10 Å². The molecule has 0 saturated heterocycles. The fourth-order valence-electron chi connectivity index (χ4n) is 2.02. The first-order valence-corrected chi connectivity index (χ1v) is 4.90. The van der Waals surface area contributed by atoms with Crippen molar-refractivity contribution in [2.45, 2.75) is 38.8 Å². The molecule has 0 aliphatic heterocycles. The molecule has 1 aliphatic rings. The largest absolute Gasteiger partial charge is 0.387 e. The maximum Gasteiger partial charge on any atom is 0.0928 e. The Labute approximate surface area is 78.4 Å². The van der Waals surface area contributed by atoms with Crippen LogP contribution in [0.1, 0.15) is 44.5 Å². The Morgan fingerprint density at radius 2 is 2.31 bits per heavy atom. The highest BCUT2D eigenvalue weighted by molar-refractivity contribution is 5.06. The summed E-state index contributed by atoms with van der Waals surface area (Å²) in [7, 11) is 0. The molecule has 1 saturated carbocycles. The van der Waals surface area contributed by atoms with Gasteiger partial charge in [0, 0.05) is 6.20 Å². The molecule has 2 rings (SSSR count). The molecule has 3 nitrogen and oxygen atoms in total. The first-order valence-electron chi connectivity index (χ1n) is 4.90. The number of hydrogen-bond donors (Lipinski definition) is 1. The summed E-state index contributed by atoms with van der Waals surface area (Å²) in [5, 5.41) is 13.7. The molecule has 0 spiro atoms. The molecule has 72 valence electrons. The Morgan fingerprint density at radius 3 is 2.85 bits per heavy atom. The number of nitrogens with zero attached hydrogens (tertiary/aromatic N) is 2. The maximum atomic E-state index is 9.47. The Morgan fingerprint density at radius 1 is 1.62 bits per heavy atom. The third-order valence-corrected chi connectivity index (χ3v) is 2.82. The normalized spacial score (nSPS) is 29.8. The number of aliphatic hydroxyl groups excluding tert-OH is 1. The number of rotatable bonds is 2. The van der Waals surface area contributed by atoms with Crippen molar-refractivity contribution in [3.8, 4) is 0 Å². The van der Waals surface area contributed by atoms with Gasteiger partial charge in [0.15, 0.2) is 0 Å². The van der Waals surface area contributed by atoms with Gasteiger partial charge >= 0.3 is 0 Å². The molecule has 0 amide bonds. The zero-order valence-corrected chi connectivity index (χ0v) is 8.14.